The molecule has 3 saturated carbocycles. The molecule has 0 radical (unpaired) electrons. The van der Waals surface area contributed by atoms with Crippen LogP contribution in [-0.4, -0.2) is 33.0 Å². The second-order valence-corrected chi connectivity index (χ2v) is 9.75. The van der Waals surface area contributed by atoms with E-state index in [0.717, 1.165) is 44.9 Å². The molecule has 0 heterocycles. The predicted molar refractivity (Wildman–Crippen MR) is 94.9 cm³/mol. The number of carbonyl (C=O) groups is 1. The summed E-state index contributed by atoms with van der Waals surface area (Å²) in [7, 11) is 0. The molecule has 0 spiro atoms. The molecule has 4 rings (SSSR count). The zero-order valence-electron chi connectivity index (χ0n) is 15.5. The summed E-state index contributed by atoms with van der Waals surface area (Å²) < 4.78 is 0. The molecule has 0 bridgehead atoms. The summed E-state index contributed by atoms with van der Waals surface area (Å²) in [5, 5.41) is 30.6. The van der Waals surface area contributed by atoms with Crippen LogP contribution in [0, 0.1) is 28.6 Å². The first-order valence-corrected chi connectivity index (χ1v) is 10.0. The van der Waals surface area contributed by atoms with E-state index >= 15 is 0 Å². The predicted octanol–water partition coefficient (Wildman–Crippen LogP) is 3.52. The first-order chi connectivity index (χ1) is 11.7. The molecule has 3 N–H and O–H groups in total. The Labute approximate surface area is 150 Å². The molecule has 0 aromatic carbocycles. The molecule has 25 heavy (non-hydrogen) atoms. The van der Waals surface area contributed by atoms with Crippen molar-refractivity contribution >= 4 is 5.97 Å². The van der Waals surface area contributed by atoms with Crippen LogP contribution in [0.25, 0.3) is 0 Å². The van der Waals surface area contributed by atoms with Gasteiger partial charge < -0.3 is 15.3 Å². The summed E-state index contributed by atoms with van der Waals surface area (Å²) in [4.78, 5) is 11.3. The monoisotopic (exact) mass is 348 g/mol. The fraction of sp³-hybridized carbons (Fsp3) is 0.857. The van der Waals surface area contributed by atoms with Crippen molar-refractivity contribution in [3.8, 4) is 0 Å². The quantitative estimate of drug-likeness (QED) is 0.667. The molecule has 0 aliphatic heterocycles. The van der Waals surface area contributed by atoms with Crippen molar-refractivity contribution in [2.24, 2.45) is 28.6 Å². The highest BCUT2D eigenvalue weighted by molar-refractivity contribution is 5.68. The average Bonchev–Trinajstić information content (AvgIpc) is 2.79. The number of carboxylic acid groups (broad SMARTS) is 1. The summed E-state index contributed by atoms with van der Waals surface area (Å²) in [5.41, 5.74) is 0.316. The molecule has 7 atom stereocenters. The molecule has 4 heteroatoms. The number of aliphatic hydroxyl groups excluding tert-OH is 1. The van der Waals surface area contributed by atoms with Gasteiger partial charge in [-0.25, -0.2) is 0 Å². The van der Waals surface area contributed by atoms with E-state index < -0.39 is 11.6 Å². The number of carboxylic acids is 1. The van der Waals surface area contributed by atoms with Crippen molar-refractivity contribution in [3.05, 3.63) is 11.6 Å². The Morgan fingerprint density at radius 3 is 2.60 bits per heavy atom. The fourth-order valence-corrected chi connectivity index (χ4v) is 7.29. The Bertz CT molecular complexity index is 613. The Kier molecular flexibility index (Phi) is 3.90. The van der Waals surface area contributed by atoms with E-state index in [4.69, 9.17) is 0 Å². The Morgan fingerprint density at radius 2 is 1.88 bits per heavy atom. The summed E-state index contributed by atoms with van der Waals surface area (Å²) in [5.74, 6) is 0.693. The van der Waals surface area contributed by atoms with Crippen molar-refractivity contribution in [1.82, 2.24) is 0 Å². The van der Waals surface area contributed by atoms with Crippen LogP contribution in [0.3, 0.4) is 0 Å². The highest BCUT2D eigenvalue weighted by Gasteiger charge is 2.63. The van der Waals surface area contributed by atoms with E-state index in [9.17, 15) is 20.1 Å². The lowest BCUT2D eigenvalue weighted by Crippen LogP contribution is -2.55. The minimum atomic E-state index is -1.05. The average molecular weight is 348 g/mol. The van der Waals surface area contributed by atoms with E-state index in [-0.39, 0.29) is 23.4 Å². The molecule has 0 aromatic rings. The lowest BCUT2D eigenvalue weighted by atomic mass is 9.47. The largest absolute Gasteiger partial charge is 0.481 e. The van der Waals surface area contributed by atoms with Crippen molar-refractivity contribution < 1.29 is 20.1 Å². The third-order valence-electron chi connectivity index (χ3n) is 8.84. The summed E-state index contributed by atoms with van der Waals surface area (Å²) in [6, 6.07) is 0. The van der Waals surface area contributed by atoms with Crippen LogP contribution in [0.4, 0.5) is 0 Å². The number of aliphatic carboxylic acids is 1. The van der Waals surface area contributed by atoms with E-state index in [1.165, 1.54) is 5.57 Å². The first kappa shape index (κ1) is 17.5. The minimum Gasteiger partial charge on any atom is -0.481 e. The van der Waals surface area contributed by atoms with Gasteiger partial charge >= 0.3 is 5.97 Å². The molecule has 140 valence electrons. The fourth-order valence-electron chi connectivity index (χ4n) is 7.29. The molecule has 4 nitrogen and oxygen atoms in total. The Hall–Kier alpha value is -0.870. The van der Waals surface area contributed by atoms with Gasteiger partial charge in [-0.3, -0.25) is 4.79 Å². The van der Waals surface area contributed by atoms with Crippen molar-refractivity contribution in [3.63, 3.8) is 0 Å². The number of hydrogen-bond donors (Lipinski definition) is 3. The van der Waals surface area contributed by atoms with E-state index in [1.807, 2.05) is 0 Å². The van der Waals surface area contributed by atoms with E-state index in [1.54, 1.807) is 0 Å². The van der Waals surface area contributed by atoms with Gasteiger partial charge in [0.15, 0.2) is 0 Å². The van der Waals surface area contributed by atoms with Gasteiger partial charge in [0, 0.05) is 0 Å². The molecule has 0 aromatic heterocycles. The zero-order valence-corrected chi connectivity index (χ0v) is 15.5. The Balaban J connectivity index is 1.65. The number of allylic oxidation sites excluding steroid dienone is 1. The zero-order chi connectivity index (χ0) is 18.0. The SMILES string of the molecule is C[C@]12CC[C@@H](O)CC1=CC[C@H]1[C@H]2CC[C@@]2(C)[C@@H]1CC[C@@]2(O)CC(=O)O. The van der Waals surface area contributed by atoms with Crippen LogP contribution in [0.2, 0.25) is 0 Å². The maximum Gasteiger partial charge on any atom is 0.306 e. The summed E-state index contributed by atoms with van der Waals surface area (Å²) in [6.07, 6.45) is 9.45. The van der Waals surface area contributed by atoms with Gasteiger partial charge in [-0.15, -0.1) is 0 Å². The van der Waals surface area contributed by atoms with Gasteiger partial charge in [-0.2, -0.15) is 0 Å². The summed E-state index contributed by atoms with van der Waals surface area (Å²) in [6.45, 7) is 4.54. The topological polar surface area (TPSA) is 77.8 Å². The van der Waals surface area contributed by atoms with Gasteiger partial charge in [-0.1, -0.05) is 25.5 Å². The third kappa shape index (κ3) is 2.36. The normalized spacial score (nSPS) is 51.9. The van der Waals surface area contributed by atoms with Crippen LogP contribution in [0.5, 0.6) is 0 Å². The second-order valence-electron chi connectivity index (χ2n) is 9.75. The number of fused-ring (bicyclic) bond motifs is 5. The maximum atomic E-state index is 11.3. The van der Waals surface area contributed by atoms with E-state index in [2.05, 4.69) is 19.9 Å². The van der Waals surface area contributed by atoms with Crippen molar-refractivity contribution in [1.29, 1.82) is 0 Å². The van der Waals surface area contributed by atoms with Crippen LogP contribution < -0.4 is 0 Å². The van der Waals surface area contributed by atoms with E-state index in [0.29, 0.717) is 24.2 Å². The van der Waals surface area contributed by atoms with Gasteiger partial charge in [0.1, 0.15) is 0 Å². The summed E-state index contributed by atoms with van der Waals surface area (Å²) >= 11 is 0. The highest BCUT2D eigenvalue weighted by Crippen LogP contribution is 2.67. The van der Waals surface area contributed by atoms with Gasteiger partial charge in [0.05, 0.1) is 18.1 Å². The highest BCUT2D eigenvalue weighted by atomic mass is 16.4. The molecule has 4 aliphatic rings. The number of rotatable bonds is 2. The molecule has 4 aliphatic carbocycles. The van der Waals surface area contributed by atoms with Crippen LogP contribution in [-0.2, 0) is 4.79 Å². The maximum absolute atomic E-state index is 11.3. The van der Waals surface area contributed by atoms with Crippen molar-refractivity contribution in [2.75, 3.05) is 0 Å². The molecule has 0 saturated heterocycles. The molecule has 0 amide bonds. The van der Waals surface area contributed by atoms with Crippen molar-refractivity contribution in [2.45, 2.75) is 83.3 Å². The second kappa shape index (κ2) is 5.56. The number of aliphatic hydroxyl groups is 2. The van der Waals surface area contributed by atoms with Crippen LogP contribution in [0.1, 0.15) is 71.6 Å². The molecular formula is C21H32O4. The van der Waals surface area contributed by atoms with Crippen LogP contribution in [0.15, 0.2) is 11.6 Å². The van der Waals surface area contributed by atoms with Gasteiger partial charge in [0.2, 0.25) is 0 Å². The van der Waals surface area contributed by atoms with Crippen LogP contribution >= 0.6 is 0 Å². The van der Waals surface area contributed by atoms with Gasteiger partial charge in [0.25, 0.3) is 0 Å². The molecule has 3 fully saturated rings. The standard InChI is InChI=1S/C21H32O4/c1-19-8-5-14(22)11-13(19)3-4-15-16(19)6-9-20(2)17(15)7-10-21(20,25)12-18(23)24/h3,14-17,22,25H,4-12H2,1-2H3,(H,23,24)/t14-,15+,16-,17-,19+,20+,21-/m1/s1. The minimum absolute atomic E-state index is 0.123. The molecular weight excluding hydrogens is 316 g/mol. The smallest absolute Gasteiger partial charge is 0.306 e. The lowest BCUT2D eigenvalue weighted by molar-refractivity contribution is -0.157. The van der Waals surface area contributed by atoms with Gasteiger partial charge in [-0.05, 0) is 80.0 Å². The third-order valence-corrected chi connectivity index (χ3v) is 8.84. The lowest BCUT2D eigenvalue weighted by Gasteiger charge is -2.59. The molecule has 0 unspecified atom stereocenters. The number of hydrogen-bond acceptors (Lipinski definition) is 3. The first-order valence-electron chi connectivity index (χ1n) is 10.0. The Morgan fingerprint density at radius 1 is 1.16 bits per heavy atom.